The van der Waals surface area contributed by atoms with Crippen molar-refractivity contribution in [3.05, 3.63) is 36.4 Å². The molecular weight excluding hydrogens is 260 g/mol. The number of rotatable bonds is 3. The van der Waals surface area contributed by atoms with Gasteiger partial charge in [0.2, 0.25) is 10.0 Å². The van der Waals surface area contributed by atoms with Crippen LogP contribution < -0.4 is 5.73 Å². The van der Waals surface area contributed by atoms with Gasteiger partial charge in [-0.2, -0.15) is 4.31 Å². The number of fused-ring (bicyclic) bond motifs is 1. The van der Waals surface area contributed by atoms with Crippen molar-refractivity contribution in [1.82, 2.24) is 4.31 Å². The van der Waals surface area contributed by atoms with Crippen LogP contribution in [0, 0.1) is 12.3 Å². The molecule has 19 heavy (non-hydrogen) atoms. The van der Waals surface area contributed by atoms with Gasteiger partial charge in [0.05, 0.1) is 11.4 Å². The standard InChI is InChI=1S/C14H14N2O2S/c1-3-10-16(2)19(17,18)14-9-8-13(15)11-6-4-5-7-12(11)14/h1,4-9H,10,15H2,2H3. The highest BCUT2D eigenvalue weighted by Gasteiger charge is 2.22. The fourth-order valence-corrected chi connectivity index (χ4v) is 3.18. The molecule has 0 aliphatic heterocycles. The first-order valence-electron chi connectivity index (χ1n) is 5.65. The highest BCUT2D eigenvalue weighted by Crippen LogP contribution is 2.29. The van der Waals surface area contributed by atoms with Crippen LogP contribution in [0.3, 0.4) is 0 Å². The summed E-state index contributed by atoms with van der Waals surface area (Å²) in [6.07, 6.45) is 5.16. The van der Waals surface area contributed by atoms with Crippen molar-refractivity contribution in [2.75, 3.05) is 19.3 Å². The van der Waals surface area contributed by atoms with Crippen molar-refractivity contribution >= 4 is 26.5 Å². The third kappa shape index (κ3) is 2.28. The maximum atomic E-state index is 12.4. The van der Waals surface area contributed by atoms with Gasteiger partial charge in [-0.25, -0.2) is 8.42 Å². The minimum absolute atomic E-state index is 0.0288. The molecule has 0 heterocycles. The molecule has 0 bridgehead atoms. The SMILES string of the molecule is C#CCN(C)S(=O)(=O)c1ccc(N)c2ccccc12. The lowest BCUT2D eigenvalue weighted by Crippen LogP contribution is -2.27. The molecule has 0 atom stereocenters. The number of hydrogen-bond donors (Lipinski definition) is 1. The van der Waals surface area contributed by atoms with Gasteiger partial charge < -0.3 is 5.73 Å². The summed E-state index contributed by atoms with van der Waals surface area (Å²) in [5.74, 6) is 2.32. The topological polar surface area (TPSA) is 63.4 Å². The Morgan fingerprint density at radius 3 is 2.47 bits per heavy atom. The van der Waals surface area contributed by atoms with E-state index in [1.807, 2.05) is 6.07 Å². The van der Waals surface area contributed by atoms with Gasteiger partial charge in [-0.15, -0.1) is 6.42 Å². The zero-order chi connectivity index (χ0) is 14.0. The number of nitrogen functional groups attached to an aromatic ring is 1. The molecule has 0 amide bonds. The van der Waals surface area contributed by atoms with Crippen LogP contribution >= 0.6 is 0 Å². The number of anilines is 1. The summed E-state index contributed by atoms with van der Waals surface area (Å²) in [5.41, 5.74) is 6.41. The van der Waals surface area contributed by atoms with Gasteiger partial charge in [-0.3, -0.25) is 0 Å². The Labute approximate surface area is 112 Å². The van der Waals surface area contributed by atoms with Gasteiger partial charge in [-0.05, 0) is 12.1 Å². The number of terminal acetylenes is 1. The molecule has 0 aliphatic carbocycles. The van der Waals surface area contributed by atoms with E-state index in [2.05, 4.69) is 5.92 Å². The van der Waals surface area contributed by atoms with Crippen LogP contribution in [0.1, 0.15) is 0 Å². The van der Waals surface area contributed by atoms with Gasteiger partial charge in [0, 0.05) is 23.5 Å². The summed E-state index contributed by atoms with van der Waals surface area (Å²) in [4.78, 5) is 0.218. The van der Waals surface area contributed by atoms with Crippen LogP contribution in [0.4, 0.5) is 5.69 Å². The molecular formula is C14H14N2O2S. The first kappa shape index (κ1) is 13.4. The van der Waals surface area contributed by atoms with Crippen LogP contribution in [0.5, 0.6) is 0 Å². The number of sulfonamides is 1. The highest BCUT2D eigenvalue weighted by molar-refractivity contribution is 7.89. The molecule has 0 radical (unpaired) electrons. The van der Waals surface area contributed by atoms with E-state index < -0.39 is 10.0 Å². The zero-order valence-electron chi connectivity index (χ0n) is 10.5. The lowest BCUT2D eigenvalue weighted by Gasteiger charge is -2.16. The van der Waals surface area contributed by atoms with Gasteiger partial charge >= 0.3 is 0 Å². The van der Waals surface area contributed by atoms with Crippen LogP contribution in [0.15, 0.2) is 41.3 Å². The summed E-state index contributed by atoms with van der Waals surface area (Å²) in [6.45, 7) is 0.0288. The van der Waals surface area contributed by atoms with Gasteiger partial charge in [0.25, 0.3) is 0 Å². The van der Waals surface area contributed by atoms with Crippen molar-refractivity contribution in [1.29, 1.82) is 0 Å². The number of hydrogen-bond acceptors (Lipinski definition) is 3. The lowest BCUT2D eigenvalue weighted by atomic mass is 10.1. The van der Waals surface area contributed by atoms with Crippen molar-refractivity contribution in [3.8, 4) is 12.3 Å². The fourth-order valence-electron chi connectivity index (χ4n) is 1.90. The van der Waals surface area contributed by atoms with Crippen molar-refractivity contribution < 1.29 is 8.42 Å². The summed E-state index contributed by atoms with van der Waals surface area (Å²) in [6, 6.07) is 10.2. The molecule has 4 nitrogen and oxygen atoms in total. The average Bonchev–Trinajstić information content (AvgIpc) is 2.39. The summed E-state index contributed by atoms with van der Waals surface area (Å²) in [5, 5.41) is 1.32. The second-order valence-corrected chi connectivity index (χ2v) is 6.18. The summed E-state index contributed by atoms with van der Waals surface area (Å²) < 4.78 is 26.0. The molecule has 5 heteroatoms. The maximum absolute atomic E-state index is 12.4. The largest absolute Gasteiger partial charge is 0.398 e. The third-order valence-electron chi connectivity index (χ3n) is 2.92. The second-order valence-electron chi connectivity index (χ2n) is 4.16. The molecule has 0 aromatic heterocycles. The van der Waals surface area contributed by atoms with Gasteiger partial charge in [-0.1, -0.05) is 30.2 Å². The molecule has 0 saturated heterocycles. The molecule has 2 aromatic rings. The predicted octanol–water partition coefficient (Wildman–Crippen LogP) is 1.68. The first-order chi connectivity index (χ1) is 8.98. The molecule has 2 N–H and O–H groups in total. The van der Waals surface area contributed by atoms with E-state index in [1.54, 1.807) is 24.3 Å². The van der Waals surface area contributed by atoms with E-state index in [1.165, 1.54) is 13.1 Å². The predicted molar refractivity (Wildman–Crippen MR) is 77.0 cm³/mol. The summed E-state index contributed by atoms with van der Waals surface area (Å²) >= 11 is 0. The van der Waals surface area contributed by atoms with Gasteiger partial charge in [0.15, 0.2) is 0 Å². The van der Waals surface area contributed by atoms with Crippen LogP contribution in [0.25, 0.3) is 10.8 Å². The van der Waals surface area contributed by atoms with Crippen molar-refractivity contribution in [2.45, 2.75) is 4.90 Å². The Hall–Kier alpha value is -2.03. The van der Waals surface area contributed by atoms with Crippen LogP contribution in [-0.4, -0.2) is 26.3 Å². The number of nitrogens with zero attached hydrogens (tertiary/aromatic N) is 1. The second kappa shape index (κ2) is 4.92. The molecule has 2 aromatic carbocycles. The monoisotopic (exact) mass is 274 g/mol. The smallest absolute Gasteiger partial charge is 0.244 e. The van der Waals surface area contributed by atoms with Crippen molar-refractivity contribution in [3.63, 3.8) is 0 Å². The Balaban J connectivity index is 2.71. The normalized spacial score (nSPS) is 11.6. The number of benzene rings is 2. The zero-order valence-corrected chi connectivity index (χ0v) is 11.3. The maximum Gasteiger partial charge on any atom is 0.244 e. The molecule has 0 unspecified atom stereocenters. The molecule has 2 rings (SSSR count). The fraction of sp³-hybridized carbons (Fsp3) is 0.143. The highest BCUT2D eigenvalue weighted by atomic mass is 32.2. The third-order valence-corrected chi connectivity index (χ3v) is 4.78. The minimum Gasteiger partial charge on any atom is -0.398 e. The van der Waals surface area contributed by atoms with E-state index in [-0.39, 0.29) is 11.4 Å². The lowest BCUT2D eigenvalue weighted by molar-refractivity contribution is 0.504. The van der Waals surface area contributed by atoms with E-state index >= 15 is 0 Å². The molecule has 0 saturated carbocycles. The Morgan fingerprint density at radius 2 is 1.84 bits per heavy atom. The molecule has 98 valence electrons. The number of nitrogens with two attached hydrogens (primary N) is 1. The Kier molecular flexibility index (Phi) is 3.47. The molecule has 0 fully saturated rings. The van der Waals surface area contributed by atoms with Crippen LogP contribution in [-0.2, 0) is 10.0 Å². The Bertz CT molecular complexity index is 761. The molecule has 0 spiro atoms. The average molecular weight is 274 g/mol. The van der Waals surface area contributed by atoms with E-state index in [0.29, 0.717) is 11.1 Å². The quantitative estimate of drug-likeness (QED) is 0.684. The summed E-state index contributed by atoms with van der Waals surface area (Å²) in [7, 11) is -2.15. The van der Waals surface area contributed by atoms with E-state index in [4.69, 9.17) is 12.2 Å². The first-order valence-corrected chi connectivity index (χ1v) is 7.09. The van der Waals surface area contributed by atoms with Crippen LogP contribution in [0.2, 0.25) is 0 Å². The van der Waals surface area contributed by atoms with Crippen molar-refractivity contribution in [2.24, 2.45) is 0 Å². The van der Waals surface area contributed by atoms with E-state index in [0.717, 1.165) is 9.69 Å². The molecule has 0 aliphatic rings. The van der Waals surface area contributed by atoms with Gasteiger partial charge in [0.1, 0.15) is 0 Å². The minimum atomic E-state index is -3.61. The Morgan fingerprint density at radius 1 is 1.21 bits per heavy atom. The van der Waals surface area contributed by atoms with E-state index in [9.17, 15) is 8.42 Å².